The van der Waals surface area contributed by atoms with Crippen LogP contribution in [0.5, 0.6) is 5.75 Å². The second-order valence-corrected chi connectivity index (χ2v) is 6.15. The van der Waals surface area contributed by atoms with E-state index in [0.29, 0.717) is 17.9 Å². The van der Waals surface area contributed by atoms with E-state index in [4.69, 9.17) is 22.7 Å². The van der Waals surface area contributed by atoms with Crippen LogP contribution in [0.25, 0.3) is 11.0 Å². The number of aromatic amines is 1. The van der Waals surface area contributed by atoms with Crippen LogP contribution in [0, 0.1) is 10.2 Å². The third-order valence-corrected chi connectivity index (χ3v) is 3.78. The van der Waals surface area contributed by atoms with Crippen molar-refractivity contribution in [3.8, 4) is 5.75 Å². The Labute approximate surface area is 129 Å². The maximum atomic E-state index is 11.5. The van der Waals surface area contributed by atoms with Crippen molar-refractivity contribution in [1.29, 1.82) is 0 Å². The first-order valence-electron chi connectivity index (χ1n) is 7.01. The second-order valence-electron chi connectivity index (χ2n) is 5.76. The molecule has 21 heavy (non-hydrogen) atoms. The minimum Gasteiger partial charge on any atom is -0.491 e. The van der Waals surface area contributed by atoms with Crippen LogP contribution in [-0.4, -0.2) is 22.1 Å². The summed E-state index contributed by atoms with van der Waals surface area (Å²) in [7, 11) is 0. The van der Waals surface area contributed by atoms with Gasteiger partial charge in [-0.25, -0.2) is 0 Å². The van der Waals surface area contributed by atoms with E-state index in [0.717, 1.165) is 23.2 Å². The molecule has 2 rings (SSSR count). The van der Waals surface area contributed by atoms with Gasteiger partial charge < -0.3 is 20.0 Å². The van der Waals surface area contributed by atoms with Crippen molar-refractivity contribution in [2.24, 2.45) is 11.1 Å². The van der Waals surface area contributed by atoms with Gasteiger partial charge in [0.25, 0.3) is 0 Å². The number of carbonyl (C=O) groups is 1. The normalized spacial score (nSPS) is 11.8. The monoisotopic (exact) mass is 307 g/mol. The lowest BCUT2D eigenvalue weighted by atomic mass is 9.92. The summed E-state index contributed by atoms with van der Waals surface area (Å²) in [5.41, 5.74) is 6.56. The lowest BCUT2D eigenvalue weighted by Gasteiger charge is -2.21. The standard InChI is InChI=1S/C15H21N3O2S/c1-4-8-20-11-7-5-6-10-12(11)17-14(21)18(10)9-15(2,3)13(16)19/h5-7H,4,8-9H2,1-3H3,(H2,16,19)(H,17,21). The molecule has 0 bridgehead atoms. The topological polar surface area (TPSA) is 73.0 Å². The number of primary amides is 1. The Morgan fingerprint density at radius 2 is 2.19 bits per heavy atom. The Morgan fingerprint density at radius 1 is 1.48 bits per heavy atom. The fourth-order valence-corrected chi connectivity index (χ4v) is 2.38. The van der Waals surface area contributed by atoms with E-state index in [9.17, 15) is 4.79 Å². The summed E-state index contributed by atoms with van der Waals surface area (Å²) >= 11 is 5.38. The van der Waals surface area contributed by atoms with E-state index in [1.54, 1.807) is 0 Å². The molecule has 0 fully saturated rings. The number of ether oxygens (including phenoxy) is 1. The van der Waals surface area contributed by atoms with Gasteiger partial charge in [-0.15, -0.1) is 0 Å². The largest absolute Gasteiger partial charge is 0.491 e. The molecule has 6 heteroatoms. The van der Waals surface area contributed by atoms with Crippen LogP contribution in [0.15, 0.2) is 18.2 Å². The minimum atomic E-state index is -0.673. The zero-order valence-corrected chi connectivity index (χ0v) is 13.4. The number of para-hydroxylation sites is 1. The molecular weight excluding hydrogens is 286 g/mol. The van der Waals surface area contributed by atoms with Crippen LogP contribution >= 0.6 is 12.2 Å². The number of amides is 1. The van der Waals surface area contributed by atoms with Gasteiger partial charge >= 0.3 is 0 Å². The Bertz CT molecular complexity index is 715. The minimum absolute atomic E-state index is 0.350. The van der Waals surface area contributed by atoms with E-state index in [1.807, 2.05) is 36.6 Å². The third kappa shape index (κ3) is 3.10. The van der Waals surface area contributed by atoms with Gasteiger partial charge in [-0.2, -0.15) is 0 Å². The molecule has 1 amide bonds. The first kappa shape index (κ1) is 15.6. The van der Waals surface area contributed by atoms with Gasteiger partial charge in [-0.3, -0.25) is 4.79 Å². The summed E-state index contributed by atoms with van der Waals surface area (Å²) in [5.74, 6) is 0.424. The van der Waals surface area contributed by atoms with Crippen LogP contribution in [0.1, 0.15) is 27.2 Å². The number of nitrogens with two attached hydrogens (primary N) is 1. The van der Waals surface area contributed by atoms with E-state index in [1.165, 1.54) is 0 Å². The molecule has 0 unspecified atom stereocenters. The molecule has 3 N–H and O–H groups in total. The van der Waals surface area contributed by atoms with Crippen molar-refractivity contribution in [2.75, 3.05) is 6.61 Å². The van der Waals surface area contributed by atoms with Gasteiger partial charge in [0.1, 0.15) is 11.3 Å². The molecule has 1 aromatic carbocycles. The predicted octanol–water partition coefficient (Wildman–Crippen LogP) is 3.00. The van der Waals surface area contributed by atoms with Crippen LogP contribution in [0.3, 0.4) is 0 Å². The van der Waals surface area contributed by atoms with Crippen molar-refractivity contribution in [2.45, 2.75) is 33.7 Å². The molecule has 5 nitrogen and oxygen atoms in total. The molecule has 0 aliphatic carbocycles. The van der Waals surface area contributed by atoms with Gasteiger partial charge in [-0.05, 0) is 44.6 Å². The molecule has 0 atom stereocenters. The Morgan fingerprint density at radius 3 is 2.81 bits per heavy atom. The van der Waals surface area contributed by atoms with Crippen LogP contribution in [-0.2, 0) is 11.3 Å². The first-order chi connectivity index (χ1) is 9.86. The summed E-state index contributed by atoms with van der Waals surface area (Å²) < 4.78 is 8.19. The number of carbonyl (C=O) groups excluding carboxylic acids is 1. The van der Waals surface area contributed by atoms with Gasteiger partial charge in [0.05, 0.1) is 17.5 Å². The lowest BCUT2D eigenvalue weighted by Crippen LogP contribution is -2.35. The molecule has 0 aliphatic heterocycles. The number of hydrogen-bond donors (Lipinski definition) is 2. The predicted molar refractivity (Wildman–Crippen MR) is 85.9 cm³/mol. The highest BCUT2D eigenvalue weighted by atomic mass is 32.1. The molecule has 114 valence electrons. The molecule has 0 spiro atoms. The number of hydrogen-bond acceptors (Lipinski definition) is 3. The van der Waals surface area contributed by atoms with E-state index < -0.39 is 5.41 Å². The summed E-state index contributed by atoms with van der Waals surface area (Å²) in [5, 5.41) is 0. The zero-order valence-electron chi connectivity index (χ0n) is 12.6. The number of aromatic nitrogens is 2. The number of rotatable bonds is 6. The number of benzene rings is 1. The van der Waals surface area contributed by atoms with E-state index in [2.05, 4.69) is 11.9 Å². The molecule has 2 aromatic rings. The number of nitrogens with zero attached hydrogens (tertiary/aromatic N) is 1. The molecule has 1 aromatic heterocycles. The maximum absolute atomic E-state index is 11.5. The highest BCUT2D eigenvalue weighted by Crippen LogP contribution is 2.27. The quantitative estimate of drug-likeness (QED) is 0.806. The second kappa shape index (κ2) is 5.89. The fraction of sp³-hybridized carbons (Fsp3) is 0.467. The zero-order chi connectivity index (χ0) is 15.6. The van der Waals surface area contributed by atoms with Crippen LogP contribution < -0.4 is 10.5 Å². The Hall–Kier alpha value is -1.82. The third-order valence-electron chi connectivity index (χ3n) is 3.45. The molecular formula is C15H21N3O2S. The van der Waals surface area contributed by atoms with Crippen molar-refractivity contribution in [1.82, 2.24) is 9.55 Å². The Balaban J connectivity index is 2.49. The fourth-order valence-electron chi connectivity index (χ4n) is 2.12. The lowest BCUT2D eigenvalue weighted by molar-refractivity contribution is -0.126. The number of fused-ring (bicyclic) bond motifs is 1. The highest BCUT2D eigenvalue weighted by molar-refractivity contribution is 7.71. The number of H-pyrrole nitrogens is 1. The van der Waals surface area contributed by atoms with Crippen molar-refractivity contribution in [3.63, 3.8) is 0 Å². The van der Waals surface area contributed by atoms with Crippen LogP contribution in [0.2, 0.25) is 0 Å². The molecule has 0 radical (unpaired) electrons. The number of nitrogens with one attached hydrogen (secondary N) is 1. The molecule has 0 saturated heterocycles. The van der Waals surface area contributed by atoms with E-state index in [-0.39, 0.29) is 5.91 Å². The van der Waals surface area contributed by atoms with Crippen molar-refractivity contribution in [3.05, 3.63) is 23.0 Å². The number of imidazole rings is 1. The average molecular weight is 307 g/mol. The van der Waals surface area contributed by atoms with Gasteiger partial charge in [0, 0.05) is 6.54 Å². The SMILES string of the molecule is CCCOc1cccc2c1[nH]c(=S)n2CC(C)(C)C(N)=O. The van der Waals surface area contributed by atoms with Crippen molar-refractivity contribution >= 4 is 29.2 Å². The summed E-state index contributed by atoms with van der Waals surface area (Å²) in [6, 6.07) is 5.79. The Kier molecular flexibility index (Phi) is 4.37. The maximum Gasteiger partial charge on any atom is 0.224 e. The van der Waals surface area contributed by atoms with Gasteiger partial charge in [-0.1, -0.05) is 13.0 Å². The van der Waals surface area contributed by atoms with Gasteiger partial charge in [0.2, 0.25) is 5.91 Å². The van der Waals surface area contributed by atoms with Crippen LogP contribution in [0.4, 0.5) is 0 Å². The van der Waals surface area contributed by atoms with Crippen molar-refractivity contribution < 1.29 is 9.53 Å². The molecule has 0 saturated carbocycles. The average Bonchev–Trinajstić information content (AvgIpc) is 2.73. The summed E-state index contributed by atoms with van der Waals surface area (Å²) in [6.45, 7) is 6.76. The van der Waals surface area contributed by atoms with Gasteiger partial charge in [0.15, 0.2) is 4.77 Å². The summed E-state index contributed by atoms with van der Waals surface area (Å²) in [4.78, 5) is 14.7. The smallest absolute Gasteiger partial charge is 0.224 e. The molecule has 1 heterocycles. The first-order valence-corrected chi connectivity index (χ1v) is 7.42. The highest BCUT2D eigenvalue weighted by Gasteiger charge is 2.26. The molecule has 0 aliphatic rings. The van der Waals surface area contributed by atoms with E-state index >= 15 is 0 Å². The summed E-state index contributed by atoms with van der Waals surface area (Å²) in [6.07, 6.45) is 0.937.